The van der Waals surface area contributed by atoms with Gasteiger partial charge in [0.05, 0.1) is 0 Å². The van der Waals surface area contributed by atoms with Gasteiger partial charge in [-0.25, -0.2) is 0 Å². The second kappa shape index (κ2) is 7.95. The first-order chi connectivity index (χ1) is 10.2. The lowest BCUT2D eigenvalue weighted by molar-refractivity contribution is 0.154. The van der Waals surface area contributed by atoms with Crippen molar-refractivity contribution >= 4 is 0 Å². The van der Waals surface area contributed by atoms with Crippen molar-refractivity contribution in [3.63, 3.8) is 0 Å². The van der Waals surface area contributed by atoms with Crippen molar-refractivity contribution < 1.29 is 0 Å². The van der Waals surface area contributed by atoms with Crippen molar-refractivity contribution in [3.05, 3.63) is 34.9 Å². The van der Waals surface area contributed by atoms with Crippen molar-refractivity contribution in [2.75, 3.05) is 26.7 Å². The van der Waals surface area contributed by atoms with Crippen LogP contribution in [0.2, 0.25) is 0 Å². The lowest BCUT2D eigenvalue weighted by Crippen LogP contribution is -2.37. The third kappa shape index (κ3) is 4.31. The van der Waals surface area contributed by atoms with Crippen LogP contribution in [-0.4, -0.2) is 31.6 Å². The molecule has 1 aliphatic heterocycles. The highest BCUT2D eigenvalue weighted by molar-refractivity contribution is 5.31. The summed E-state index contributed by atoms with van der Waals surface area (Å²) in [5, 5.41) is 3.43. The van der Waals surface area contributed by atoms with Crippen LogP contribution >= 0.6 is 0 Å². The third-order valence-electron chi connectivity index (χ3n) is 4.67. The fourth-order valence-corrected chi connectivity index (χ4v) is 3.99. The van der Waals surface area contributed by atoms with Crippen molar-refractivity contribution in [2.24, 2.45) is 5.92 Å². The maximum Gasteiger partial charge on any atom is 0.0388 e. The molecule has 118 valence electrons. The predicted octanol–water partition coefficient (Wildman–Crippen LogP) is 4.08. The second-order valence-corrected chi connectivity index (χ2v) is 6.72. The predicted molar refractivity (Wildman–Crippen MR) is 91.8 cm³/mol. The van der Waals surface area contributed by atoms with Crippen LogP contribution in [0.25, 0.3) is 0 Å². The summed E-state index contributed by atoms with van der Waals surface area (Å²) in [4.78, 5) is 2.74. The van der Waals surface area contributed by atoms with E-state index in [2.05, 4.69) is 56.2 Å². The normalized spacial score (nSPS) is 24.0. The first-order valence-corrected chi connectivity index (χ1v) is 8.62. The van der Waals surface area contributed by atoms with E-state index in [1.165, 1.54) is 55.5 Å². The van der Waals surface area contributed by atoms with Gasteiger partial charge in [0, 0.05) is 6.04 Å². The van der Waals surface area contributed by atoms with Crippen LogP contribution in [0.3, 0.4) is 0 Å². The highest BCUT2D eigenvalue weighted by Crippen LogP contribution is 2.35. The summed E-state index contributed by atoms with van der Waals surface area (Å²) in [6, 6.07) is 7.69. The molecule has 0 bridgehead atoms. The van der Waals surface area contributed by atoms with E-state index in [-0.39, 0.29) is 0 Å². The molecule has 0 spiro atoms. The smallest absolute Gasteiger partial charge is 0.0388 e. The molecule has 1 saturated heterocycles. The van der Waals surface area contributed by atoms with E-state index in [0.717, 1.165) is 12.5 Å². The molecule has 21 heavy (non-hydrogen) atoms. The zero-order chi connectivity index (χ0) is 15.2. The molecule has 2 heteroatoms. The summed E-state index contributed by atoms with van der Waals surface area (Å²) in [7, 11) is 2.09. The Hall–Kier alpha value is -0.860. The van der Waals surface area contributed by atoms with Crippen molar-refractivity contribution in [3.8, 4) is 0 Å². The van der Waals surface area contributed by atoms with E-state index >= 15 is 0 Å². The first kappa shape index (κ1) is 16.5. The molecule has 0 aromatic heterocycles. The molecule has 2 unspecified atom stereocenters. The molecule has 1 aromatic carbocycles. The Balaban J connectivity index is 2.36. The van der Waals surface area contributed by atoms with Crippen LogP contribution in [-0.2, 0) is 0 Å². The molecular weight excluding hydrogens is 256 g/mol. The summed E-state index contributed by atoms with van der Waals surface area (Å²) in [5.41, 5.74) is 4.32. The summed E-state index contributed by atoms with van der Waals surface area (Å²) in [6.45, 7) is 10.4. The van der Waals surface area contributed by atoms with E-state index in [1.54, 1.807) is 0 Å². The maximum atomic E-state index is 3.43. The average molecular weight is 288 g/mol. The Kier molecular flexibility index (Phi) is 6.25. The number of benzene rings is 1. The number of hydrogen-bond donors (Lipinski definition) is 1. The summed E-state index contributed by atoms with van der Waals surface area (Å²) >= 11 is 0. The van der Waals surface area contributed by atoms with Crippen LogP contribution in [0.15, 0.2) is 18.2 Å². The van der Waals surface area contributed by atoms with E-state index in [9.17, 15) is 0 Å². The van der Waals surface area contributed by atoms with Gasteiger partial charge >= 0.3 is 0 Å². The average Bonchev–Trinajstić information content (AvgIpc) is 2.61. The minimum atomic E-state index is 0.582. The maximum absolute atomic E-state index is 3.43. The van der Waals surface area contributed by atoms with E-state index in [4.69, 9.17) is 0 Å². The number of nitrogens with zero attached hydrogens (tertiary/aromatic N) is 1. The van der Waals surface area contributed by atoms with Gasteiger partial charge in [0.2, 0.25) is 0 Å². The van der Waals surface area contributed by atoms with E-state index in [0.29, 0.717) is 6.04 Å². The standard InChI is InChI=1S/C19H32N2/c1-5-9-21-10-7-6-8-17(14-20-4)19(21)18-12-15(2)11-16(3)13-18/h11-13,17,19-20H,5-10,14H2,1-4H3. The topological polar surface area (TPSA) is 15.3 Å². The summed E-state index contributed by atoms with van der Waals surface area (Å²) in [6.07, 6.45) is 5.31. The molecule has 2 nitrogen and oxygen atoms in total. The van der Waals surface area contributed by atoms with E-state index in [1.807, 2.05) is 0 Å². The first-order valence-electron chi connectivity index (χ1n) is 8.62. The molecule has 0 radical (unpaired) electrons. The van der Waals surface area contributed by atoms with Gasteiger partial charge in [-0.3, -0.25) is 4.90 Å². The van der Waals surface area contributed by atoms with Gasteiger partial charge in [0.1, 0.15) is 0 Å². The van der Waals surface area contributed by atoms with E-state index < -0.39 is 0 Å². The largest absolute Gasteiger partial charge is 0.319 e. The van der Waals surface area contributed by atoms with Crippen LogP contribution in [0.4, 0.5) is 0 Å². The molecule has 1 aromatic rings. The molecule has 0 saturated carbocycles. The molecular formula is C19H32N2. The Morgan fingerprint density at radius 1 is 1.14 bits per heavy atom. The van der Waals surface area contributed by atoms with Gasteiger partial charge < -0.3 is 5.32 Å². The van der Waals surface area contributed by atoms with Crippen LogP contribution in [0.1, 0.15) is 55.3 Å². The van der Waals surface area contributed by atoms with Crippen LogP contribution < -0.4 is 5.32 Å². The lowest BCUT2D eigenvalue weighted by atomic mass is 9.87. The molecule has 2 atom stereocenters. The Bertz CT molecular complexity index is 405. The summed E-state index contributed by atoms with van der Waals surface area (Å²) in [5.74, 6) is 0.727. The Labute approximate surface area is 130 Å². The molecule has 1 fully saturated rings. The molecule has 1 N–H and O–H groups in total. The van der Waals surface area contributed by atoms with Gasteiger partial charge in [-0.2, -0.15) is 0 Å². The summed E-state index contributed by atoms with van der Waals surface area (Å²) < 4.78 is 0. The second-order valence-electron chi connectivity index (χ2n) is 6.72. The van der Waals surface area contributed by atoms with Crippen molar-refractivity contribution in [2.45, 2.75) is 52.5 Å². The van der Waals surface area contributed by atoms with Gasteiger partial charge in [0.15, 0.2) is 0 Å². The highest BCUT2D eigenvalue weighted by atomic mass is 15.2. The molecule has 2 rings (SSSR count). The number of aryl methyl sites for hydroxylation is 2. The monoisotopic (exact) mass is 288 g/mol. The number of likely N-dealkylation sites (tertiary alicyclic amines) is 1. The van der Waals surface area contributed by atoms with Crippen molar-refractivity contribution in [1.29, 1.82) is 0 Å². The van der Waals surface area contributed by atoms with Gasteiger partial charge in [-0.1, -0.05) is 42.7 Å². The third-order valence-corrected chi connectivity index (χ3v) is 4.67. The molecule has 1 heterocycles. The van der Waals surface area contributed by atoms with Gasteiger partial charge in [0.25, 0.3) is 0 Å². The number of nitrogens with one attached hydrogen (secondary N) is 1. The van der Waals surface area contributed by atoms with Crippen LogP contribution in [0.5, 0.6) is 0 Å². The number of rotatable bonds is 5. The minimum Gasteiger partial charge on any atom is -0.319 e. The quantitative estimate of drug-likeness (QED) is 0.878. The molecule has 0 amide bonds. The molecule has 1 aliphatic rings. The van der Waals surface area contributed by atoms with Crippen LogP contribution in [0, 0.1) is 19.8 Å². The Morgan fingerprint density at radius 3 is 2.48 bits per heavy atom. The number of hydrogen-bond acceptors (Lipinski definition) is 2. The SMILES string of the molecule is CCCN1CCCCC(CNC)C1c1cc(C)cc(C)c1. The van der Waals surface area contributed by atoms with Gasteiger partial charge in [-0.15, -0.1) is 0 Å². The lowest BCUT2D eigenvalue weighted by Gasteiger charge is -2.36. The van der Waals surface area contributed by atoms with Gasteiger partial charge in [-0.05, 0) is 71.3 Å². The molecule has 0 aliphatic carbocycles. The van der Waals surface area contributed by atoms with Crippen molar-refractivity contribution in [1.82, 2.24) is 10.2 Å². The minimum absolute atomic E-state index is 0.582. The highest BCUT2D eigenvalue weighted by Gasteiger charge is 2.30. The fraction of sp³-hybridized carbons (Fsp3) is 0.684. The fourth-order valence-electron chi connectivity index (χ4n) is 3.99. The zero-order valence-corrected chi connectivity index (χ0v) is 14.3. The Morgan fingerprint density at radius 2 is 1.86 bits per heavy atom. The zero-order valence-electron chi connectivity index (χ0n) is 14.3.